The summed E-state index contributed by atoms with van der Waals surface area (Å²) in [7, 11) is 0. The predicted octanol–water partition coefficient (Wildman–Crippen LogP) is 1.03. The SMILES string of the molecule is CC(C)C(CNC(=O)Cn1nnc2ccccc2c1=O)N1CCCC1. The van der Waals surface area contributed by atoms with E-state index in [1.54, 1.807) is 24.3 Å². The van der Waals surface area contributed by atoms with Crippen molar-refractivity contribution < 1.29 is 4.79 Å². The van der Waals surface area contributed by atoms with Crippen LogP contribution in [0.15, 0.2) is 29.1 Å². The lowest BCUT2D eigenvalue weighted by atomic mass is 10.0. The maximum atomic E-state index is 12.4. The maximum Gasteiger partial charge on any atom is 0.278 e. The molecule has 3 rings (SSSR count). The minimum atomic E-state index is -0.291. The number of carbonyl (C=O) groups is 1. The van der Waals surface area contributed by atoms with Crippen LogP contribution in [0.4, 0.5) is 0 Å². The van der Waals surface area contributed by atoms with Crippen LogP contribution in [-0.4, -0.2) is 51.5 Å². The molecule has 0 bridgehead atoms. The fourth-order valence-corrected chi connectivity index (χ4v) is 3.40. The summed E-state index contributed by atoms with van der Waals surface area (Å²) < 4.78 is 1.12. The highest BCUT2D eigenvalue weighted by atomic mass is 16.2. The van der Waals surface area contributed by atoms with E-state index in [1.807, 2.05) is 0 Å². The molecule has 1 aliphatic rings. The molecular weight excluding hydrogens is 318 g/mol. The van der Waals surface area contributed by atoms with Crippen LogP contribution in [0, 0.1) is 5.92 Å². The molecule has 1 fully saturated rings. The molecule has 1 atom stereocenters. The number of fused-ring (bicyclic) bond motifs is 1. The number of likely N-dealkylation sites (tertiary alicyclic amines) is 1. The van der Waals surface area contributed by atoms with Crippen LogP contribution in [0.5, 0.6) is 0 Å². The Morgan fingerprint density at radius 2 is 1.96 bits per heavy atom. The molecule has 1 saturated heterocycles. The molecule has 0 saturated carbocycles. The molecule has 25 heavy (non-hydrogen) atoms. The molecule has 0 aliphatic carbocycles. The number of nitrogens with zero attached hydrogens (tertiary/aromatic N) is 4. The average molecular weight is 343 g/mol. The van der Waals surface area contributed by atoms with Crippen molar-refractivity contribution in [3.8, 4) is 0 Å². The van der Waals surface area contributed by atoms with Crippen molar-refractivity contribution in [2.24, 2.45) is 5.92 Å². The van der Waals surface area contributed by atoms with Gasteiger partial charge in [0.2, 0.25) is 5.91 Å². The Kier molecular flexibility index (Phi) is 5.43. The zero-order valence-corrected chi connectivity index (χ0v) is 14.8. The second-order valence-electron chi connectivity index (χ2n) is 6.93. The Morgan fingerprint density at radius 3 is 2.68 bits per heavy atom. The first kappa shape index (κ1) is 17.5. The van der Waals surface area contributed by atoms with Crippen LogP contribution >= 0.6 is 0 Å². The van der Waals surface area contributed by atoms with E-state index in [-0.39, 0.29) is 18.0 Å². The molecule has 1 N–H and O–H groups in total. The number of benzene rings is 1. The van der Waals surface area contributed by atoms with E-state index in [0.29, 0.717) is 29.4 Å². The first-order chi connectivity index (χ1) is 12.1. The molecule has 1 aromatic heterocycles. The van der Waals surface area contributed by atoms with Crippen molar-refractivity contribution in [1.82, 2.24) is 25.2 Å². The third-order valence-electron chi connectivity index (χ3n) is 4.81. The number of hydrogen-bond donors (Lipinski definition) is 1. The van der Waals surface area contributed by atoms with Crippen molar-refractivity contribution in [2.45, 2.75) is 39.3 Å². The summed E-state index contributed by atoms with van der Waals surface area (Å²) in [6.07, 6.45) is 2.44. The van der Waals surface area contributed by atoms with Gasteiger partial charge in [0.15, 0.2) is 0 Å². The summed E-state index contributed by atoms with van der Waals surface area (Å²) in [4.78, 5) is 27.1. The van der Waals surface area contributed by atoms with Gasteiger partial charge >= 0.3 is 0 Å². The van der Waals surface area contributed by atoms with Gasteiger partial charge in [-0.25, -0.2) is 4.68 Å². The lowest BCUT2D eigenvalue weighted by Gasteiger charge is -2.31. The van der Waals surface area contributed by atoms with E-state index in [0.717, 1.165) is 17.8 Å². The van der Waals surface area contributed by atoms with Gasteiger partial charge in [-0.05, 0) is 44.0 Å². The Hall–Kier alpha value is -2.28. The summed E-state index contributed by atoms with van der Waals surface area (Å²) >= 11 is 0. The first-order valence-corrected chi connectivity index (χ1v) is 8.89. The smallest absolute Gasteiger partial charge is 0.278 e. The van der Waals surface area contributed by atoms with Crippen molar-refractivity contribution >= 4 is 16.8 Å². The largest absolute Gasteiger partial charge is 0.353 e. The van der Waals surface area contributed by atoms with Gasteiger partial charge in [-0.1, -0.05) is 31.2 Å². The highest BCUT2D eigenvalue weighted by Crippen LogP contribution is 2.17. The minimum Gasteiger partial charge on any atom is -0.353 e. The maximum absolute atomic E-state index is 12.4. The molecule has 7 heteroatoms. The zero-order chi connectivity index (χ0) is 17.8. The zero-order valence-electron chi connectivity index (χ0n) is 14.8. The van der Waals surface area contributed by atoms with Crippen LogP contribution in [0.3, 0.4) is 0 Å². The summed E-state index contributed by atoms with van der Waals surface area (Å²) in [5, 5.41) is 11.3. The molecule has 2 aromatic rings. The van der Waals surface area contributed by atoms with Gasteiger partial charge in [-0.15, -0.1) is 5.10 Å². The highest BCUT2D eigenvalue weighted by molar-refractivity contribution is 5.78. The summed E-state index contributed by atoms with van der Waals surface area (Å²) in [5.74, 6) is 0.248. The van der Waals surface area contributed by atoms with Gasteiger partial charge < -0.3 is 5.32 Å². The van der Waals surface area contributed by atoms with Crippen molar-refractivity contribution in [3.63, 3.8) is 0 Å². The highest BCUT2D eigenvalue weighted by Gasteiger charge is 2.25. The van der Waals surface area contributed by atoms with Gasteiger partial charge in [-0.2, -0.15) is 0 Å². The monoisotopic (exact) mass is 343 g/mol. The fraction of sp³-hybridized carbons (Fsp3) is 0.556. The van der Waals surface area contributed by atoms with Crippen molar-refractivity contribution in [1.29, 1.82) is 0 Å². The molecule has 2 heterocycles. The quantitative estimate of drug-likeness (QED) is 0.847. The van der Waals surface area contributed by atoms with Crippen LogP contribution in [-0.2, 0) is 11.3 Å². The second kappa shape index (κ2) is 7.74. The molecular formula is C18H25N5O2. The molecule has 1 amide bonds. The van der Waals surface area contributed by atoms with Gasteiger partial charge in [0, 0.05) is 12.6 Å². The molecule has 1 aliphatic heterocycles. The fourth-order valence-electron chi connectivity index (χ4n) is 3.40. The topological polar surface area (TPSA) is 80.1 Å². The minimum absolute atomic E-state index is 0.110. The Morgan fingerprint density at radius 1 is 1.24 bits per heavy atom. The Labute approximate surface area is 147 Å². The van der Waals surface area contributed by atoms with E-state index >= 15 is 0 Å². The van der Waals surface area contributed by atoms with Gasteiger partial charge in [0.05, 0.1) is 5.39 Å². The van der Waals surface area contributed by atoms with Crippen LogP contribution in [0.2, 0.25) is 0 Å². The number of rotatable bonds is 6. The van der Waals surface area contributed by atoms with Gasteiger partial charge in [-0.3, -0.25) is 14.5 Å². The number of nitrogens with one attached hydrogen (secondary N) is 1. The van der Waals surface area contributed by atoms with Crippen LogP contribution in [0.25, 0.3) is 10.9 Å². The summed E-state index contributed by atoms with van der Waals surface area (Å²) in [6, 6.07) is 7.34. The summed E-state index contributed by atoms with van der Waals surface area (Å²) in [6.45, 7) is 7.01. The van der Waals surface area contributed by atoms with E-state index < -0.39 is 0 Å². The van der Waals surface area contributed by atoms with E-state index in [9.17, 15) is 9.59 Å². The Balaban J connectivity index is 1.64. The van der Waals surface area contributed by atoms with Crippen molar-refractivity contribution in [2.75, 3.05) is 19.6 Å². The third kappa shape index (κ3) is 4.04. The standard InChI is InChI=1S/C18H25N5O2/c1-13(2)16(22-9-5-6-10-22)11-19-17(24)12-23-18(25)14-7-3-4-8-15(14)20-21-23/h3-4,7-8,13,16H,5-6,9-12H2,1-2H3,(H,19,24). The summed E-state index contributed by atoms with van der Waals surface area (Å²) in [5.41, 5.74) is 0.249. The van der Waals surface area contributed by atoms with E-state index in [1.165, 1.54) is 12.8 Å². The molecule has 7 nitrogen and oxygen atoms in total. The molecule has 0 radical (unpaired) electrons. The van der Waals surface area contributed by atoms with Crippen molar-refractivity contribution in [3.05, 3.63) is 34.6 Å². The molecule has 1 aromatic carbocycles. The number of amides is 1. The van der Waals surface area contributed by atoms with Crippen LogP contribution in [0.1, 0.15) is 26.7 Å². The van der Waals surface area contributed by atoms with Gasteiger partial charge in [0.25, 0.3) is 5.56 Å². The van der Waals surface area contributed by atoms with Crippen LogP contribution < -0.4 is 10.9 Å². The molecule has 1 unspecified atom stereocenters. The second-order valence-corrected chi connectivity index (χ2v) is 6.93. The Bertz CT molecular complexity index is 795. The number of carbonyl (C=O) groups excluding carboxylic acids is 1. The number of hydrogen-bond acceptors (Lipinski definition) is 5. The third-order valence-corrected chi connectivity index (χ3v) is 4.81. The molecule has 134 valence electrons. The lowest BCUT2D eigenvalue weighted by Crippen LogP contribution is -2.46. The molecule has 0 spiro atoms. The first-order valence-electron chi connectivity index (χ1n) is 8.89. The van der Waals surface area contributed by atoms with E-state index in [4.69, 9.17) is 0 Å². The van der Waals surface area contributed by atoms with Gasteiger partial charge in [0.1, 0.15) is 12.1 Å². The predicted molar refractivity (Wildman–Crippen MR) is 96.2 cm³/mol. The average Bonchev–Trinajstić information content (AvgIpc) is 3.12. The number of aromatic nitrogens is 3. The van der Waals surface area contributed by atoms with E-state index in [2.05, 4.69) is 34.4 Å². The normalized spacial score (nSPS) is 16.4. The lowest BCUT2D eigenvalue weighted by molar-refractivity contribution is -0.122.